The van der Waals surface area contributed by atoms with Crippen molar-refractivity contribution in [2.45, 2.75) is 33.0 Å². The van der Waals surface area contributed by atoms with Crippen LogP contribution in [0.1, 0.15) is 34.3 Å². The number of carbonyl (C=O) groups is 1. The van der Waals surface area contributed by atoms with E-state index >= 15 is 0 Å². The largest absolute Gasteiger partial charge is 0.462 e. The zero-order chi connectivity index (χ0) is 20.5. The van der Waals surface area contributed by atoms with Gasteiger partial charge in [-0.05, 0) is 32.0 Å². The van der Waals surface area contributed by atoms with Gasteiger partial charge in [0.1, 0.15) is 16.0 Å². The van der Waals surface area contributed by atoms with Crippen LogP contribution in [0.4, 0.5) is 13.2 Å². The van der Waals surface area contributed by atoms with Crippen LogP contribution >= 0.6 is 11.3 Å². The zero-order valence-corrected chi connectivity index (χ0v) is 15.9. The van der Waals surface area contributed by atoms with Crippen LogP contribution in [0, 0.1) is 18.3 Å². The third-order valence-corrected chi connectivity index (χ3v) is 5.33. The third-order valence-electron chi connectivity index (χ3n) is 4.14. The normalized spacial score (nSPS) is 11.6. The highest BCUT2D eigenvalue weighted by molar-refractivity contribution is 7.17. The summed E-state index contributed by atoms with van der Waals surface area (Å²) in [6.45, 7) is 3.42. The molecule has 0 fully saturated rings. The van der Waals surface area contributed by atoms with E-state index in [2.05, 4.69) is 4.98 Å². The van der Waals surface area contributed by atoms with Gasteiger partial charge in [0.2, 0.25) is 0 Å². The molecule has 0 N–H and O–H groups in total. The highest BCUT2D eigenvalue weighted by atomic mass is 32.1. The van der Waals surface area contributed by atoms with Crippen LogP contribution in [0.15, 0.2) is 24.4 Å². The molecule has 0 spiro atoms. The van der Waals surface area contributed by atoms with Gasteiger partial charge in [-0.3, -0.25) is 0 Å². The van der Waals surface area contributed by atoms with Crippen LogP contribution in [-0.4, -0.2) is 28.3 Å². The van der Waals surface area contributed by atoms with Crippen molar-refractivity contribution < 1.29 is 22.7 Å². The second-order valence-electron chi connectivity index (χ2n) is 6.10. The van der Waals surface area contributed by atoms with Crippen molar-refractivity contribution in [2.75, 3.05) is 6.61 Å². The molecule has 0 amide bonds. The molecule has 0 unspecified atom stereocenters. The summed E-state index contributed by atoms with van der Waals surface area (Å²) in [7, 11) is 0. The number of carbonyl (C=O) groups excluding carboxylic acids is 1. The van der Waals surface area contributed by atoms with Gasteiger partial charge < -0.3 is 9.30 Å². The van der Waals surface area contributed by atoms with Gasteiger partial charge in [-0.15, -0.1) is 11.3 Å². The molecule has 0 aliphatic heterocycles. The Morgan fingerprint density at radius 3 is 2.79 bits per heavy atom. The topological polar surface area (TPSA) is 67.9 Å². The number of fused-ring (bicyclic) bond motifs is 1. The fraction of sp³-hybridized carbons (Fsp3) is 0.316. The second kappa shape index (κ2) is 7.64. The van der Waals surface area contributed by atoms with Gasteiger partial charge >= 0.3 is 12.1 Å². The van der Waals surface area contributed by atoms with Crippen molar-refractivity contribution >= 4 is 28.2 Å². The van der Waals surface area contributed by atoms with Crippen molar-refractivity contribution in [1.29, 1.82) is 5.26 Å². The summed E-state index contributed by atoms with van der Waals surface area (Å²) in [4.78, 5) is 16.8. The first-order valence-electron chi connectivity index (χ1n) is 8.48. The van der Waals surface area contributed by atoms with Crippen LogP contribution < -0.4 is 0 Å². The number of nitriles is 1. The number of aromatic nitrogens is 2. The van der Waals surface area contributed by atoms with Gasteiger partial charge in [-0.1, -0.05) is 0 Å². The number of alkyl halides is 3. The van der Waals surface area contributed by atoms with E-state index in [0.717, 1.165) is 0 Å². The third kappa shape index (κ3) is 4.02. The van der Waals surface area contributed by atoms with E-state index in [1.54, 1.807) is 32.0 Å². The van der Waals surface area contributed by atoms with Crippen molar-refractivity contribution in [3.8, 4) is 16.6 Å². The Morgan fingerprint density at radius 2 is 2.14 bits per heavy atom. The summed E-state index contributed by atoms with van der Waals surface area (Å²) in [5.41, 5.74) is 2.06. The fourth-order valence-corrected chi connectivity index (χ4v) is 3.81. The maximum absolute atomic E-state index is 12.6. The molecule has 2 aromatic heterocycles. The molecule has 28 heavy (non-hydrogen) atoms. The number of nitrogens with zero attached hydrogens (tertiary/aromatic N) is 3. The first kappa shape index (κ1) is 19.9. The molecule has 1 aromatic carbocycles. The van der Waals surface area contributed by atoms with E-state index in [1.807, 2.05) is 6.07 Å². The average Bonchev–Trinajstić information content (AvgIpc) is 3.19. The number of halogens is 3. The molecule has 0 bridgehead atoms. The quantitative estimate of drug-likeness (QED) is 0.554. The lowest BCUT2D eigenvalue weighted by molar-refractivity contribution is -0.136. The van der Waals surface area contributed by atoms with E-state index in [-0.39, 0.29) is 18.7 Å². The molecule has 2 heterocycles. The number of ether oxygens (including phenoxy) is 1. The maximum Gasteiger partial charge on any atom is 0.390 e. The summed E-state index contributed by atoms with van der Waals surface area (Å²) in [5.74, 6) is -0.444. The number of esters is 1. The summed E-state index contributed by atoms with van der Waals surface area (Å²) < 4.78 is 44.1. The summed E-state index contributed by atoms with van der Waals surface area (Å²) in [6, 6.07) is 7.13. The Morgan fingerprint density at radius 1 is 1.39 bits per heavy atom. The van der Waals surface area contributed by atoms with Crippen LogP contribution in [0.25, 0.3) is 21.5 Å². The molecule has 0 atom stereocenters. The number of thiazole rings is 1. The molecular formula is C19H16F3N3O2S. The minimum atomic E-state index is -4.27. The lowest BCUT2D eigenvalue weighted by atomic mass is 10.1. The fourth-order valence-electron chi connectivity index (χ4n) is 2.86. The molecule has 0 saturated carbocycles. The summed E-state index contributed by atoms with van der Waals surface area (Å²) >= 11 is 1.18. The van der Waals surface area contributed by atoms with Gasteiger partial charge in [0.15, 0.2) is 0 Å². The Hall–Kier alpha value is -2.86. The minimum Gasteiger partial charge on any atom is -0.462 e. The van der Waals surface area contributed by atoms with Crippen molar-refractivity contribution in [1.82, 2.24) is 9.55 Å². The van der Waals surface area contributed by atoms with Gasteiger partial charge in [-0.25, -0.2) is 9.78 Å². The molecule has 0 radical (unpaired) electrons. The van der Waals surface area contributed by atoms with Crippen LogP contribution in [0.2, 0.25) is 0 Å². The smallest absolute Gasteiger partial charge is 0.390 e. The number of hydrogen-bond donors (Lipinski definition) is 0. The molecular weight excluding hydrogens is 391 g/mol. The molecule has 5 nitrogen and oxygen atoms in total. The molecule has 3 aromatic rings. The Balaban J connectivity index is 2.00. The number of hydrogen-bond acceptors (Lipinski definition) is 5. The summed E-state index contributed by atoms with van der Waals surface area (Å²) in [5, 5.41) is 10.5. The predicted octanol–water partition coefficient (Wildman–Crippen LogP) is 5.07. The molecule has 3 rings (SSSR count). The number of benzene rings is 1. The molecule has 9 heteroatoms. The predicted molar refractivity (Wildman–Crippen MR) is 99.1 cm³/mol. The van der Waals surface area contributed by atoms with E-state index in [4.69, 9.17) is 4.74 Å². The van der Waals surface area contributed by atoms with Gasteiger partial charge in [0.05, 0.1) is 24.3 Å². The van der Waals surface area contributed by atoms with Gasteiger partial charge in [0.25, 0.3) is 0 Å². The second-order valence-corrected chi connectivity index (χ2v) is 7.10. The average molecular weight is 407 g/mol. The molecule has 146 valence electrons. The summed E-state index contributed by atoms with van der Waals surface area (Å²) in [6.07, 6.45) is -3.82. The number of rotatable bonds is 5. The van der Waals surface area contributed by atoms with E-state index < -0.39 is 18.6 Å². The molecule has 0 aliphatic carbocycles. The molecule has 0 saturated heterocycles. The first-order valence-corrected chi connectivity index (χ1v) is 9.29. The standard InChI is InChI=1S/C19H16F3N3O2S/c1-3-27-18(26)16-11(2)24-17(28-16)12-4-5-15-14(8-12)13(9-23)10-25(15)7-6-19(20,21)22/h4-5,8,10H,3,6-7H2,1-2H3. The van der Waals surface area contributed by atoms with Crippen molar-refractivity contribution in [3.05, 3.63) is 40.5 Å². The SMILES string of the molecule is CCOC(=O)c1sc(-c2ccc3c(c2)c(C#N)cn3CCC(F)(F)F)nc1C. The maximum atomic E-state index is 12.6. The molecule has 0 aliphatic rings. The lowest BCUT2D eigenvalue weighted by Crippen LogP contribution is -2.11. The number of aryl methyl sites for hydroxylation is 2. The minimum absolute atomic E-state index is 0.258. The zero-order valence-electron chi connectivity index (χ0n) is 15.1. The van der Waals surface area contributed by atoms with Crippen molar-refractivity contribution in [2.24, 2.45) is 0 Å². The van der Waals surface area contributed by atoms with Crippen LogP contribution in [-0.2, 0) is 11.3 Å². The van der Waals surface area contributed by atoms with Crippen LogP contribution in [0.5, 0.6) is 0 Å². The van der Waals surface area contributed by atoms with E-state index in [1.165, 1.54) is 22.1 Å². The van der Waals surface area contributed by atoms with Gasteiger partial charge in [-0.2, -0.15) is 18.4 Å². The Kier molecular flexibility index (Phi) is 5.42. The Labute approximate surface area is 163 Å². The van der Waals surface area contributed by atoms with E-state index in [0.29, 0.717) is 32.0 Å². The van der Waals surface area contributed by atoms with Crippen LogP contribution in [0.3, 0.4) is 0 Å². The highest BCUT2D eigenvalue weighted by Gasteiger charge is 2.27. The van der Waals surface area contributed by atoms with Crippen molar-refractivity contribution in [3.63, 3.8) is 0 Å². The lowest BCUT2D eigenvalue weighted by Gasteiger charge is -2.08. The van der Waals surface area contributed by atoms with Gasteiger partial charge in [0, 0.05) is 29.2 Å². The first-order chi connectivity index (χ1) is 13.2. The highest BCUT2D eigenvalue weighted by Crippen LogP contribution is 2.33. The van der Waals surface area contributed by atoms with E-state index in [9.17, 15) is 23.2 Å². The monoisotopic (exact) mass is 407 g/mol. The Bertz CT molecular complexity index is 1080.